The van der Waals surface area contributed by atoms with E-state index in [4.69, 9.17) is 4.74 Å². The molecule has 1 aliphatic rings. The summed E-state index contributed by atoms with van der Waals surface area (Å²) in [5.74, 6) is -11.3. The number of nitro groups is 1. The number of amides is 2. The third-order valence-electron chi connectivity index (χ3n) is 3.85. The van der Waals surface area contributed by atoms with Gasteiger partial charge in [0, 0.05) is 25.0 Å². The van der Waals surface area contributed by atoms with Crippen LogP contribution in [0.4, 0.5) is 27.6 Å². The summed E-state index contributed by atoms with van der Waals surface area (Å²) in [6.45, 7) is 0. The second kappa shape index (κ2) is 15.2. The quantitative estimate of drug-likeness (QED) is 0.142. The van der Waals surface area contributed by atoms with E-state index < -0.39 is 39.8 Å². The maximum absolute atomic E-state index is 12.6. The molecule has 0 spiro atoms. The maximum atomic E-state index is 12.6. The lowest BCUT2D eigenvalue weighted by atomic mass is 10.3. The van der Waals surface area contributed by atoms with Crippen molar-refractivity contribution in [1.82, 2.24) is 5.06 Å². The minimum absolute atomic E-state index is 0. The van der Waals surface area contributed by atoms with Crippen LogP contribution in [0.2, 0.25) is 0 Å². The molecule has 1 fully saturated rings. The zero-order valence-electron chi connectivity index (χ0n) is 17.4. The van der Waals surface area contributed by atoms with Crippen LogP contribution in [0, 0.1) is 39.2 Å². The SMILES string of the molecule is C.C.CON1C(=O)CCC1=O.COc1c(F)c(F)c(F)c(F)c1F.COc1ccc([N+](=O)[O-])cc1. The highest BCUT2D eigenvalue weighted by atomic mass is 19.2. The van der Waals surface area contributed by atoms with Crippen molar-refractivity contribution in [3.05, 3.63) is 63.5 Å². The lowest BCUT2D eigenvalue weighted by molar-refractivity contribution is -0.384. The van der Waals surface area contributed by atoms with Crippen LogP contribution in [-0.4, -0.2) is 43.1 Å². The Bertz CT molecular complexity index is 975. The fraction of sp³-hybridized carbons (Fsp3) is 0.333. The fourth-order valence-corrected chi connectivity index (χ4v) is 2.23. The Morgan fingerprint density at radius 2 is 1.17 bits per heavy atom. The largest absolute Gasteiger partial charge is 0.497 e. The first-order chi connectivity index (χ1) is 15.5. The summed E-state index contributed by atoms with van der Waals surface area (Å²) < 4.78 is 71.0. The van der Waals surface area contributed by atoms with E-state index in [0.29, 0.717) is 5.75 Å². The van der Waals surface area contributed by atoms with E-state index in [1.54, 1.807) is 12.1 Å². The number of halogens is 5. The average Bonchev–Trinajstić information content (AvgIpc) is 3.14. The molecule has 0 aromatic heterocycles. The molecule has 0 atom stereocenters. The smallest absolute Gasteiger partial charge is 0.269 e. The van der Waals surface area contributed by atoms with E-state index in [1.165, 1.54) is 26.4 Å². The summed E-state index contributed by atoms with van der Waals surface area (Å²) in [5.41, 5.74) is 0.0748. The molecule has 196 valence electrons. The van der Waals surface area contributed by atoms with E-state index >= 15 is 0 Å². The molecular formula is C21H25F5N2O7. The van der Waals surface area contributed by atoms with Crippen LogP contribution in [0.25, 0.3) is 0 Å². The van der Waals surface area contributed by atoms with Crippen LogP contribution in [0.1, 0.15) is 27.7 Å². The minimum atomic E-state index is -2.20. The van der Waals surface area contributed by atoms with E-state index in [-0.39, 0.29) is 45.2 Å². The number of carbonyl (C=O) groups excluding carboxylic acids is 2. The van der Waals surface area contributed by atoms with Gasteiger partial charge in [0.25, 0.3) is 17.5 Å². The number of benzene rings is 2. The number of nitro benzene ring substituents is 1. The normalized spacial score (nSPS) is 11.7. The van der Waals surface area contributed by atoms with Gasteiger partial charge in [0.2, 0.25) is 29.1 Å². The van der Waals surface area contributed by atoms with Crippen molar-refractivity contribution < 1.29 is 50.8 Å². The zero-order chi connectivity index (χ0) is 25.3. The van der Waals surface area contributed by atoms with E-state index in [9.17, 15) is 41.7 Å². The molecule has 2 amide bonds. The van der Waals surface area contributed by atoms with Crippen molar-refractivity contribution >= 4 is 17.5 Å². The van der Waals surface area contributed by atoms with Crippen LogP contribution in [0.3, 0.4) is 0 Å². The van der Waals surface area contributed by atoms with Crippen LogP contribution in [-0.2, 0) is 14.4 Å². The van der Waals surface area contributed by atoms with Crippen molar-refractivity contribution in [3.63, 3.8) is 0 Å². The number of ether oxygens (including phenoxy) is 2. The molecule has 9 nitrogen and oxygen atoms in total. The second-order valence-corrected chi connectivity index (χ2v) is 5.82. The Morgan fingerprint density at radius 3 is 1.46 bits per heavy atom. The monoisotopic (exact) mass is 512 g/mol. The lowest BCUT2D eigenvalue weighted by Gasteiger charge is -2.07. The maximum Gasteiger partial charge on any atom is 0.269 e. The number of rotatable bonds is 4. The van der Waals surface area contributed by atoms with Crippen molar-refractivity contribution in [1.29, 1.82) is 0 Å². The van der Waals surface area contributed by atoms with Gasteiger partial charge in [-0.05, 0) is 12.1 Å². The second-order valence-electron chi connectivity index (χ2n) is 5.82. The summed E-state index contributed by atoms with van der Waals surface area (Å²) in [6, 6.07) is 5.91. The molecule has 0 saturated carbocycles. The van der Waals surface area contributed by atoms with Gasteiger partial charge in [-0.2, -0.15) is 13.8 Å². The highest BCUT2D eigenvalue weighted by Gasteiger charge is 2.29. The summed E-state index contributed by atoms with van der Waals surface area (Å²) in [5, 5.41) is 11.0. The van der Waals surface area contributed by atoms with Crippen molar-refractivity contribution in [3.8, 4) is 11.5 Å². The number of hydroxylamine groups is 2. The first kappa shape index (κ1) is 33.4. The zero-order valence-corrected chi connectivity index (χ0v) is 17.4. The highest BCUT2D eigenvalue weighted by Crippen LogP contribution is 2.28. The first-order valence-electron chi connectivity index (χ1n) is 8.73. The van der Waals surface area contributed by atoms with Crippen molar-refractivity contribution in [2.24, 2.45) is 0 Å². The fourth-order valence-electron chi connectivity index (χ4n) is 2.23. The summed E-state index contributed by atoms with van der Waals surface area (Å²) in [7, 11) is 3.63. The molecule has 1 saturated heterocycles. The highest BCUT2D eigenvalue weighted by molar-refractivity contribution is 6.00. The number of methoxy groups -OCH3 is 2. The molecule has 2 aromatic rings. The molecule has 0 unspecified atom stereocenters. The minimum Gasteiger partial charge on any atom is -0.497 e. The molecule has 1 aliphatic heterocycles. The Morgan fingerprint density at radius 1 is 0.771 bits per heavy atom. The Hall–Kier alpha value is -3.81. The number of imide groups is 1. The molecule has 3 rings (SSSR count). The van der Waals surface area contributed by atoms with Gasteiger partial charge in [0.15, 0.2) is 5.75 Å². The molecule has 35 heavy (non-hydrogen) atoms. The number of hydrogen-bond acceptors (Lipinski definition) is 7. The molecular weight excluding hydrogens is 487 g/mol. The van der Waals surface area contributed by atoms with Crippen molar-refractivity contribution in [2.75, 3.05) is 21.3 Å². The molecule has 0 radical (unpaired) electrons. The molecule has 0 N–H and O–H groups in total. The van der Waals surface area contributed by atoms with Gasteiger partial charge in [-0.15, -0.1) is 0 Å². The third kappa shape index (κ3) is 8.48. The van der Waals surface area contributed by atoms with E-state index in [1.807, 2.05) is 0 Å². The van der Waals surface area contributed by atoms with Gasteiger partial charge in [-0.3, -0.25) is 24.5 Å². The Labute approximate surface area is 198 Å². The Kier molecular flexibility index (Phi) is 14.5. The van der Waals surface area contributed by atoms with Crippen LogP contribution in [0.5, 0.6) is 11.5 Å². The summed E-state index contributed by atoms with van der Waals surface area (Å²) >= 11 is 0. The van der Waals surface area contributed by atoms with E-state index in [2.05, 4.69) is 9.57 Å². The number of carbonyl (C=O) groups is 2. The topological polar surface area (TPSA) is 108 Å². The summed E-state index contributed by atoms with van der Waals surface area (Å²) in [6.07, 6.45) is 0.569. The summed E-state index contributed by atoms with van der Waals surface area (Å²) in [4.78, 5) is 35.4. The first-order valence-corrected chi connectivity index (χ1v) is 8.73. The van der Waals surface area contributed by atoms with Gasteiger partial charge in [-0.25, -0.2) is 13.2 Å². The lowest BCUT2D eigenvalue weighted by Crippen LogP contribution is -2.27. The third-order valence-corrected chi connectivity index (χ3v) is 3.85. The molecule has 0 bridgehead atoms. The predicted octanol–water partition coefficient (Wildman–Crippen LogP) is 4.96. The molecule has 1 heterocycles. The number of nitrogens with zero attached hydrogens (tertiary/aromatic N) is 2. The van der Waals surface area contributed by atoms with Crippen LogP contribution < -0.4 is 9.47 Å². The predicted molar refractivity (Wildman–Crippen MR) is 114 cm³/mol. The van der Waals surface area contributed by atoms with E-state index in [0.717, 1.165) is 12.2 Å². The van der Waals surface area contributed by atoms with Gasteiger partial charge in [0.05, 0.1) is 26.3 Å². The van der Waals surface area contributed by atoms with Gasteiger partial charge in [-0.1, -0.05) is 14.9 Å². The molecule has 14 heteroatoms. The Balaban J connectivity index is 0. The number of non-ortho nitro benzene ring substituents is 1. The van der Waals surface area contributed by atoms with Gasteiger partial charge < -0.3 is 9.47 Å². The average molecular weight is 512 g/mol. The van der Waals surface area contributed by atoms with Gasteiger partial charge >= 0.3 is 0 Å². The van der Waals surface area contributed by atoms with Crippen LogP contribution >= 0.6 is 0 Å². The molecule has 0 aliphatic carbocycles. The van der Waals surface area contributed by atoms with Gasteiger partial charge in [0.1, 0.15) is 5.75 Å². The molecule has 2 aromatic carbocycles. The van der Waals surface area contributed by atoms with Crippen LogP contribution in [0.15, 0.2) is 24.3 Å². The van der Waals surface area contributed by atoms with Crippen molar-refractivity contribution in [2.45, 2.75) is 27.7 Å². The standard InChI is InChI=1S/C7H3F5O.C7H7NO3.C5H7NO3.2CH4/c1-13-7-5(11)3(9)2(8)4(10)6(7)12;1-11-7-4-2-6(3-5-7)8(9)10;1-9-6-4(7)2-3-5(6)8;;/h1H3;2-5H,1H3;2-3H2,1H3;2*1H4. The number of hydrogen-bond donors (Lipinski definition) is 0.